The van der Waals surface area contributed by atoms with Crippen molar-refractivity contribution >= 4 is 22.5 Å². The molecule has 0 aliphatic heterocycles. The SMILES string of the molecule is COc1ccc2[nH]cc(C(=O)NCCc3nnc4ccccn34)c(=O)c2c1. The minimum Gasteiger partial charge on any atom is -0.497 e. The fourth-order valence-corrected chi connectivity index (χ4v) is 2.94. The molecule has 0 spiro atoms. The van der Waals surface area contributed by atoms with E-state index in [1.54, 1.807) is 18.2 Å². The molecule has 0 aliphatic rings. The number of pyridine rings is 2. The Kier molecular flexibility index (Phi) is 4.29. The average molecular weight is 363 g/mol. The first-order chi connectivity index (χ1) is 13.2. The molecular weight excluding hydrogens is 346 g/mol. The third kappa shape index (κ3) is 3.12. The predicted molar refractivity (Wildman–Crippen MR) is 100 cm³/mol. The van der Waals surface area contributed by atoms with Crippen LogP contribution in [0.1, 0.15) is 16.2 Å². The second kappa shape index (κ2) is 6.91. The fraction of sp³-hybridized carbons (Fsp3) is 0.158. The van der Waals surface area contributed by atoms with E-state index >= 15 is 0 Å². The van der Waals surface area contributed by atoms with Crippen molar-refractivity contribution in [2.45, 2.75) is 6.42 Å². The molecule has 0 unspecified atom stereocenters. The number of carbonyl (C=O) groups is 1. The van der Waals surface area contributed by atoms with Crippen molar-refractivity contribution in [2.75, 3.05) is 13.7 Å². The van der Waals surface area contributed by atoms with Gasteiger partial charge in [-0.15, -0.1) is 10.2 Å². The maximum absolute atomic E-state index is 12.6. The van der Waals surface area contributed by atoms with Crippen molar-refractivity contribution in [3.8, 4) is 5.75 Å². The molecule has 136 valence electrons. The number of methoxy groups -OCH3 is 1. The first-order valence-electron chi connectivity index (χ1n) is 8.43. The van der Waals surface area contributed by atoms with Crippen molar-refractivity contribution in [3.63, 3.8) is 0 Å². The number of rotatable bonds is 5. The van der Waals surface area contributed by atoms with E-state index < -0.39 is 5.91 Å². The molecule has 8 nitrogen and oxygen atoms in total. The lowest BCUT2D eigenvalue weighted by atomic mass is 10.1. The summed E-state index contributed by atoms with van der Waals surface area (Å²) in [5.74, 6) is 0.863. The van der Waals surface area contributed by atoms with Gasteiger partial charge in [-0.3, -0.25) is 14.0 Å². The van der Waals surface area contributed by atoms with Gasteiger partial charge >= 0.3 is 0 Å². The number of H-pyrrole nitrogens is 1. The molecule has 0 aliphatic carbocycles. The zero-order chi connectivity index (χ0) is 18.8. The van der Waals surface area contributed by atoms with Crippen molar-refractivity contribution in [2.24, 2.45) is 0 Å². The Balaban J connectivity index is 1.51. The number of hydrogen-bond donors (Lipinski definition) is 2. The number of nitrogens with zero attached hydrogens (tertiary/aromatic N) is 3. The minimum atomic E-state index is -0.435. The number of carbonyl (C=O) groups excluding carboxylic acids is 1. The largest absolute Gasteiger partial charge is 0.497 e. The minimum absolute atomic E-state index is 0.0573. The van der Waals surface area contributed by atoms with Crippen LogP contribution in [-0.2, 0) is 6.42 Å². The monoisotopic (exact) mass is 363 g/mol. The van der Waals surface area contributed by atoms with Crippen LogP contribution in [0.3, 0.4) is 0 Å². The van der Waals surface area contributed by atoms with Crippen LogP contribution in [0, 0.1) is 0 Å². The molecule has 0 saturated heterocycles. The van der Waals surface area contributed by atoms with Crippen molar-refractivity contribution in [1.82, 2.24) is 24.9 Å². The zero-order valence-corrected chi connectivity index (χ0v) is 14.6. The van der Waals surface area contributed by atoms with Gasteiger partial charge in [-0.05, 0) is 30.3 Å². The quantitative estimate of drug-likeness (QED) is 0.560. The molecule has 1 aromatic carbocycles. The summed E-state index contributed by atoms with van der Waals surface area (Å²) in [5, 5.41) is 11.4. The van der Waals surface area contributed by atoms with E-state index in [9.17, 15) is 9.59 Å². The van der Waals surface area contributed by atoms with Crippen LogP contribution in [0.25, 0.3) is 16.6 Å². The van der Waals surface area contributed by atoms with Crippen LogP contribution in [0.2, 0.25) is 0 Å². The van der Waals surface area contributed by atoms with Gasteiger partial charge in [-0.1, -0.05) is 6.07 Å². The number of aromatic amines is 1. The van der Waals surface area contributed by atoms with Crippen LogP contribution in [0.5, 0.6) is 5.75 Å². The summed E-state index contributed by atoms with van der Waals surface area (Å²) in [6.07, 6.45) is 3.79. The second-order valence-corrected chi connectivity index (χ2v) is 5.99. The van der Waals surface area contributed by atoms with E-state index in [1.807, 2.05) is 28.8 Å². The van der Waals surface area contributed by atoms with E-state index in [1.165, 1.54) is 13.3 Å². The van der Waals surface area contributed by atoms with E-state index in [0.29, 0.717) is 29.6 Å². The Labute approximate surface area is 153 Å². The fourth-order valence-electron chi connectivity index (χ4n) is 2.94. The molecule has 0 fully saturated rings. The third-order valence-electron chi connectivity index (χ3n) is 4.35. The Hall–Kier alpha value is -3.68. The number of ether oxygens (including phenoxy) is 1. The number of amides is 1. The average Bonchev–Trinajstić information content (AvgIpc) is 3.11. The van der Waals surface area contributed by atoms with Crippen LogP contribution < -0.4 is 15.5 Å². The number of nitrogens with one attached hydrogen (secondary N) is 2. The molecule has 0 radical (unpaired) electrons. The van der Waals surface area contributed by atoms with Gasteiger partial charge in [0.1, 0.15) is 17.1 Å². The Bertz CT molecular complexity index is 1190. The van der Waals surface area contributed by atoms with E-state index in [0.717, 1.165) is 11.5 Å². The van der Waals surface area contributed by atoms with Gasteiger partial charge in [0, 0.05) is 36.3 Å². The zero-order valence-electron chi connectivity index (χ0n) is 14.6. The highest BCUT2D eigenvalue weighted by molar-refractivity contribution is 5.97. The van der Waals surface area contributed by atoms with Crippen LogP contribution in [0.4, 0.5) is 0 Å². The topological polar surface area (TPSA) is 101 Å². The lowest BCUT2D eigenvalue weighted by molar-refractivity contribution is 0.0952. The van der Waals surface area contributed by atoms with Gasteiger partial charge in [0.2, 0.25) is 5.43 Å². The van der Waals surface area contributed by atoms with E-state index in [2.05, 4.69) is 20.5 Å². The highest BCUT2D eigenvalue weighted by Gasteiger charge is 2.14. The highest BCUT2D eigenvalue weighted by Crippen LogP contribution is 2.16. The molecule has 0 bridgehead atoms. The first kappa shape index (κ1) is 16.8. The second-order valence-electron chi connectivity index (χ2n) is 5.99. The summed E-state index contributed by atoms with van der Waals surface area (Å²) in [6.45, 7) is 0.337. The Morgan fingerprint density at radius 1 is 1.26 bits per heavy atom. The summed E-state index contributed by atoms with van der Waals surface area (Å²) in [7, 11) is 1.53. The van der Waals surface area contributed by atoms with Crippen molar-refractivity contribution < 1.29 is 9.53 Å². The normalized spacial score (nSPS) is 11.0. The summed E-state index contributed by atoms with van der Waals surface area (Å²) < 4.78 is 7.01. The maximum atomic E-state index is 12.6. The summed E-state index contributed by atoms with van der Waals surface area (Å²) in [6, 6.07) is 10.7. The van der Waals surface area contributed by atoms with Gasteiger partial charge in [0.05, 0.1) is 7.11 Å². The van der Waals surface area contributed by atoms with Crippen LogP contribution in [0.15, 0.2) is 53.6 Å². The van der Waals surface area contributed by atoms with Gasteiger partial charge in [-0.2, -0.15) is 0 Å². The first-order valence-corrected chi connectivity index (χ1v) is 8.43. The molecule has 3 aromatic heterocycles. The molecule has 2 N–H and O–H groups in total. The summed E-state index contributed by atoms with van der Waals surface area (Å²) in [4.78, 5) is 28.1. The molecule has 0 atom stereocenters. The van der Waals surface area contributed by atoms with Gasteiger partial charge in [0.25, 0.3) is 5.91 Å². The molecule has 0 saturated carbocycles. The maximum Gasteiger partial charge on any atom is 0.256 e. The molecule has 8 heteroatoms. The number of fused-ring (bicyclic) bond motifs is 2. The molecule has 27 heavy (non-hydrogen) atoms. The highest BCUT2D eigenvalue weighted by atomic mass is 16.5. The number of aromatic nitrogens is 4. The smallest absolute Gasteiger partial charge is 0.256 e. The van der Waals surface area contributed by atoms with Gasteiger partial charge in [-0.25, -0.2) is 0 Å². The molecule has 3 heterocycles. The predicted octanol–water partition coefficient (Wildman–Crippen LogP) is 1.55. The number of hydrogen-bond acceptors (Lipinski definition) is 5. The number of benzene rings is 1. The lowest BCUT2D eigenvalue weighted by Gasteiger charge is -2.06. The van der Waals surface area contributed by atoms with Crippen LogP contribution in [-0.4, -0.2) is 39.1 Å². The molecule has 4 aromatic rings. The van der Waals surface area contributed by atoms with Gasteiger partial charge in [0.15, 0.2) is 5.65 Å². The third-order valence-corrected chi connectivity index (χ3v) is 4.35. The Morgan fingerprint density at radius 3 is 3.00 bits per heavy atom. The van der Waals surface area contributed by atoms with E-state index in [4.69, 9.17) is 4.74 Å². The molecule has 4 rings (SSSR count). The van der Waals surface area contributed by atoms with Crippen molar-refractivity contribution in [3.05, 3.63) is 70.4 Å². The molecule has 1 amide bonds. The van der Waals surface area contributed by atoms with Gasteiger partial charge < -0.3 is 15.0 Å². The summed E-state index contributed by atoms with van der Waals surface area (Å²) >= 11 is 0. The molecular formula is C19H17N5O3. The Morgan fingerprint density at radius 2 is 2.15 bits per heavy atom. The standard InChI is InChI=1S/C19H17N5O3/c1-27-12-5-6-15-13(10-12)18(25)14(11-21-15)19(26)20-8-7-17-23-22-16-4-2-3-9-24(16)17/h2-6,9-11H,7-8H2,1H3,(H,20,26)(H,21,25). The van der Waals surface area contributed by atoms with Crippen LogP contribution >= 0.6 is 0 Å². The lowest BCUT2D eigenvalue weighted by Crippen LogP contribution is -2.30. The summed E-state index contributed by atoms with van der Waals surface area (Å²) in [5.41, 5.74) is 1.11. The van der Waals surface area contributed by atoms with E-state index in [-0.39, 0.29) is 11.0 Å². The van der Waals surface area contributed by atoms with Crippen molar-refractivity contribution in [1.29, 1.82) is 0 Å².